The summed E-state index contributed by atoms with van der Waals surface area (Å²) in [4.78, 5) is 45.9. The molecule has 2 aromatic carbocycles. The lowest BCUT2D eigenvalue weighted by molar-refractivity contribution is 0.0425. The Bertz CT molecular complexity index is 971. The summed E-state index contributed by atoms with van der Waals surface area (Å²) in [5.74, 6) is -7.37. The number of hydrogen-bond donors (Lipinski definition) is 0. The van der Waals surface area contributed by atoms with Gasteiger partial charge in [-0.2, -0.15) is 8.78 Å². The monoisotopic (exact) mass is 448 g/mol. The van der Waals surface area contributed by atoms with Crippen molar-refractivity contribution < 1.29 is 55.0 Å². The Morgan fingerprint density at radius 3 is 1.19 bits per heavy atom. The molecule has 0 amide bonds. The van der Waals surface area contributed by atoms with Crippen LogP contribution in [0.5, 0.6) is 0 Å². The van der Waals surface area contributed by atoms with Crippen molar-refractivity contribution in [2.75, 3.05) is 13.9 Å². The molecule has 0 atom stereocenters. The van der Waals surface area contributed by atoms with E-state index in [1.54, 1.807) is 0 Å². The normalized spacial score (nSPS) is 13.9. The highest BCUT2D eigenvalue weighted by Gasteiger charge is 2.40. The van der Waals surface area contributed by atoms with E-state index in [1.807, 2.05) is 0 Å². The maximum Gasteiger partial charge on any atom is 0.346 e. The predicted molar refractivity (Wildman–Crippen MR) is 89.5 cm³/mol. The number of ether oxygens (including phenoxy) is 2. The molecule has 0 radical (unpaired) electrons. The molecule has 0 saturated heterocycles. The molecule has 2 aliphatic heterocycles. The van der Waals surface area contributed by atoms with Crippen LogP contribution in [0.2, 0.25) is 0 Å². The Labute approximate surface area is 169 Å². The zero-order chi connectivity index (χ0) is 23.3. The highest BCUT2D eigenvalue weighted by molar-refractivity contribution is 6.15. The standard InChI is InChI=1S/C17H6F2O6.2CH2F2/c18-17(19,7-1-3-9-11(5-7)15(22)24-13(9)20)8-2-4-10-12(6-8)16(23)25-14(10)21;2*2-1-3/h1-6H;2*1H2. The fourth-order valence-electron chi connectivity index (χ4n) is 2.73. The molecule has 0 aliphatic carbocycles. The lowest BCUT2D eigenvalue weighted by Gasteiger charge is -2.18. The van der Waals surface area contributed by atoms with Gasteiger partial charge in [-0.05, 0) is 24.3 Å². The zero-order valence-electron chi connectivity index (χ0n) is 15.1. The van der Waals surface area contributed by atoms with Crippen LogP contribution in [-0.2, 0) is 15.4 Å². The first-order valence-corrected chi connectivity index (χ1v) is 8.06. The Morgan fingerprint density at radius 2 is 0.871 bits per heavy atom. The molecule has 2 heterocycles. The lowest BCUT2D eigenvalue weighted by Crippen LogP contribution is -2.17. The Hall–Kier alpha value is -3.70. The number of carbonyl (C=O) groups is 4. The van der Waals surface area contributed by atoms with E-state index in [9.17, 15) is 45.5 Å². The van der Waals surface area contributed by atoms with Crippen molar-refractivity contribution in [1.29, 1.82) is 0 Å². The summed E-state index contributed by atoms with van der Waals surface area (Å²) in [7, 11) is 0. The third-order valence-corrected chi connectivity index (χ3v) is 4.01. The largest absolute Gasteiger partial charge is 0.386 e. The minimum absolute atomic E-state index is 0.0901. The number of benzene rings is 2. The maximum absolute atomic E-state index is 14.8. The molecule has 0 fully saturated rings. The van der Waals surface area contributed by atoms with Crippen LogP contribution in [0.4, 0.5) is 26.3 Å². The molecule has 6 nitrogen and oxygen atoms in total. The minimum Gasteiger partial charge on any atom is -0.386 e. The maximum atomic E-state index is 14.8. The molecule has 0 spiro atoms. The highest BCUT2D eigenvalue weighted by Crippen LogP contribution is 2.39. The summed E-state index contributed by atoms with van der Waals surface area (Å²) < 4.78 is 76.8. The molecule has 31 heavy (non-hydrogen) atoms. The number of hydrogen-bond acceptors (Lipinski definition) is 6. The molecular weight excluding hydrogens is 438 g/mol. The van der Waals surface area contributed by atoms with Gasteiger partial charge in [-0.3, -0.25) is 0 Å². The van der Waals surface area contributed by atoms with E-state index in [0.29, 0.717) is 0 Å². The summed E-state index contributed by atoms with van der Waals surface area (Å²) in [6.45, 7) is -3.50. The van der Waals surface area contributed by atoms with Gasteiger partial charge >= 0.3 is 23.9 Å². The van der Waals surface area contributed by atoms with Crippen LogP contribution in [0.1, 0.15) is 52.6 Å². The smallest absolute Gasteiger partial charge is 0.346 e. The van der Waals surface area contributed by atoms with Crippen LogP contribution >= 0.6 is 0 Å². The van der Waals surface area contributed by atoms with Gasteiger partial charge in [0.05, 0.1) is 22.3 Å². The third kappa shape index (κ3) is 4.57. The molecule has 0 N–H and O–H groups in total. The number of alkyl halides is 6. The van der Waals surface area contributed by atoms with Crippen LogP contribution in [0.15, 0.2) is 36.4 Å². The first-order valence-electron chi connectivity index (χ1n) is 8.06. The van der Waals surface area contributed by atoms with Gasteiger partial charge in [-0.25, -0.2) is 36.7 Å². The van der Waals surface area contributed by atoms with E-state index in [0.717, 1.165) is 36.4 Å². The number of esters is 4. The molecule has 0 bridgehead atoms. The Balaban J connectivity index is 0.000000513. The summed E-state index contributed by atoms with van der Waals surface area (Å²) in [5.41, 5.74) is -1.80. The fraction of sp³-hybridized carbons (Fsp3) is 0.158. The van der Waals surface area contributed by atoms with E-state index >= 15 is 0 Å². The van der Waals surface area contributed by atoms with Crippen LogP contribution in [0.25, 0.3) is 0 Å². The third-order valence-electron chi connectivity index (χ3n) is 4.01. The average molecular weight is 448 g/mol. The quantitative estimate of drug-likeness (QED) is 0.389. The molecule has 0 aromatic heterocycles. The molecule has 12 heteroatoms. The molecule has 4 rings (SSSR count). The molecule has 164 valence electrons. The van der Waals surface area contributed by atoms with E-state index in [1.165, 1.54) is 0 Å². The van der Waals surface area contributed by atoms with Gasteiger partial charge < -0.3 is 9.47 Å². The van der Waals surface area contributed by atoms with Crippen LogP contribution in [0, 0.1) is 0 Å². The summed E-state index contributed by atoms with van der Waals surface area (Å²) in [5, 5.41) is 0. The van der Waals surface area contributed by atoms with E-state index in [-0.39, 0.29) is 22.3 Å². The van der Waals surface area contributed by atoms with Crippen LogP contribution in [-0.4, -0.2) is 37.7 Å². The molecule has 0 unspecified atom stereocenters. The van der Waals surface area contributed by atoms with E-state index in [4.69, 9.17) is 0 Å². The van der Waals surface area contributed by atoms with Crippen molar-refractivity contribution in [3.63, 3.8) is 0 Å². The van der Waals surface area contributed by atoms with Gasteiger partial charge in [-0.15, -0.1) is 0 Å². The van der Waals surface area contributed by atoms with Gasteiger partial charge in [0.15, 0.2) is 0 Å². The minimum atomic E-state index is -3.58. The topological polar surface area (TPSA) is 86.7 Å². The second kappa shape index (κ2) is 9.41. The molecule has 0 saturated carbocycles. The number of halogens is 6. The zero-order valence-corrected chi connectivity index (χ0v) is 15.1. The summed E-state index contributed by atoms with van der Waals surface area (Å²) >= 11 is 0. The van der Waals surface area contributed by atoms with E-state index in [2.05, 4.69) is 9.47 Å². The van der Waals surface area contributed by atoms with Crippen molar-refractivity contribution >= 4 is 23.9 Å². The second-order valence-corrected chi connectivity index (χ2v) is 5.65. The number of cyclic esters (lactones) is 4. The van der Waals surface area contributed by atoms with Crippen molar-refractivity contribution in [1.82, 2.24) is 0 Å². The SMILES string of the molecule is FCF.FCF.O=C1OC(=O)c2cc(C(F)(F)c3ccc4c(c3)C(=O)OC4=O)ccc21. The van der Waals surface area contributed by atoms with Gasteiger partial charge in [0.2, 0.25) is 13.9 Å². The van der Waals surface area contributed by atoms with Crippen LogP contribution in [0.3, 0.4) is 0 Å². The molecular formula is C19H10F6O6. The van der Waals surface area contributed by atoms with Gasteiger partial charge in [-0.1, -0.05) is 12.1 Å². The average Bonchev–Trinajstić information content (AvgIpc) is 3.17. The fourth-order valence-corrected chi connectivity index (χ4v) is 2.73. The van der Waals surface area contributed by atoms with Crippen molar-refractivity contribution in [2.45, 2.75) is 5.92 Å². The van der Waals surface area contributed by atoms with Crippen molar-refractivity contribution in [3.8, 4) is 0 Å². The first kappa shape index (κ1) is 23.6. The van der Waals surface area contributed by atoms with Crippen LogP contribution < -0.4 is 0 Å². The van der Waals surface area contributed by atoms with Gasteiger partial charge in [0, 0.05) is 11.1 Å². The van der Waals surface area contributed by atoms with Gasteiger partial charge in [0.25, 0.3) is 5.92 Å². The highest BCUT2D eigenvalue weighted by atomic mass is 19.3. The number of fused-ring (bicyclic) bond motifs is 2. The first-order chi connectivity index (χ1) is 14.6. The predicted octanol–water partition coefficient (Wildman–Crippen LogP) is 4.21. The summed E-state index contributed by atoms with van der Waals surface area (Å²) in [6.07, 6.45) is 0. The second-order valence-electron chi connectivity index (χ2n) is 5.65. The van der Waals surface area contributed by atoms with Crippen molar-refractivity contribution in [2.24, 2.45) is 0 Å². The Kier molecular flexibility index (Phi) is 7.16. The molecule has 2 aliphatic rings. The number of rotatable bonds is 2. The van der Waals surface area contributed by atoms with Crippen molar-refractivity contribution in [3.05, 3.63) is 69.8 Å². The van der Waals surface area contributed by atoms with Gasteiger partial charge in [0.1, 0.15) is 0 Å². The summed E-state index contributed by atoms with van der Waals surface area (Å²) in [6, 6.07) is 5.90. The van der Waals surface area contributed by atoms with E-state index < -0.39 is 54.8 Å². The Morgan fingerprint density at radius 1 is 0.581 bits per heavy atom. The number of carbonyl (C=O) groups excluding carboxylic acids is 4. The molecule has 2 aromatic rings. The lowest BCUT2D eigenvalue weighted by atomic mass is 9.94.